The van der Waals surface area contributed by atoms with E-state index in [1.165, 1.54) is 7.11 Å². The number of carbonyl (C=O) groups excluding carboxylic acids is 1. The molecule has 4 nitrogen and oxygen atoms in total. The third-order valence-corrected chi connectivity index (χ3v) is 2.71. The number of benzene rings is 1. The number of carbonyl (C=O) groups is 1. The molecule has 5 heteroatoms. The smallest absolute Gasteiger partial charge is 0.253 e. The molecule has 0 aliphatic carbocycles. The molecule has 0 bridgehead atoms. The van der Waals surface area contributed by atoms with Crippen LogP contribution < -0.4 is 11.1 Å². The van der Waals surface area contributed by atoms with E-state index in [0.29, 0.717) is 11.4 Å². The highest BCUT2D eigenvalue weighted by Crippen LogP contribution is 2.22. The Bertz CT molecular complexity index is 368. The molecule has 82 valence electrons. The largest absolute Gasteiger partial charge is 0.398 e. The molecular formula is C10H13BrN2O2. The maximum Gasteiger partial charge on any atom is 0.253 e. The summed E-state index contributed by atoms with van der Waals surface area (Å²) in [6, 6.07) is 5.23. The molecule has 1 rings (SSSR count). The summed E-state index contributed by atoms with van der Waals surface area (Å²) in [6.45, 7) is 1.68. The van der Waals surface area contributed by atoms with E-state index in [1.54, 1.807) is 25.1 Å². The Morgan fingerprint density at radius 1 is 1.60 bits per heavy atom. The van der Waals surface area contributed by atoms with Gasteiger partial charge in [0.05, 0.1) is 0 Å². The van der Waals surface area contributed by atoms with Gasteiger partial charge in [-0.1, -0.05) is 0 Å². The first-order chi connectivity index (χ1) is 7.04. The molecule has 0 saturated heterocycles. The number of halogens is 1. The van der Waals surface area contributed by atoms with E-state index in [4.69, 9.17) is 10.5 Å². The Morgan fingerprint density at radius 3 is 2.80 bits per heavy atom. The highest BCUT2D eigenvalue weighted by Gasteiger charge is 2.11. The molecule has 0 aromatic heterocycles. The van der Waals surface area contributed by atoms with Gasteiger partial charge in [0.15, 0.2) is 0 Å². The van der Waals surface area contributed by atoms with Crippen LogP contribution in [0.25, 0.3) is 0 Å². The number of rotatable bonds is 3. The normalized spacial score (nSPS) is 12.2. The lowest BCUT2D eigenvalue weighted by Gasteiger charge is -2.11. The lowest BCUT2D eigenvalue weighted by molar-refractivity contribution is -0.124. The van der Waals surface area contributed by atoms with Crippen LogP contribution >= 0.6 is 15.9 Å². The van der Waals surface area contributed by atoms with E-state index >= 15 is 0 Å². The van der Waals surface area contributed by atoms with Crippen LogP contribution in [-0.4, -0.2) is 19.1 Å². The summed E-state index contributed by atoms with van der Waals surface area (Å²) in [5.41, 5.74) is 6.91. The molecule has 1 unspecified atom stereocenters. The zero-order valence-corrected chi connectivity index (χ0v) is 10.2. The maximum absolute atomic E-state index is 11.5. The third kappa shape index (κ3) is 3.21. The average molecular weight is 273 g/mol. The van der Waals surface area contributed by atoms with Crippen LogP contribution in [0.3, 0.4) is 0 Å². The van der Waals surface area contributed by atoms with Gasteiger partial charge in [0.1, 0.15) is 6.10 Å². The molecular weight excluding hydrogens is 260 g/mol. The van der Waals surface area contributed by atoms with E-state index in [-0.39, 0.29) is 5.91 Å². The summed E-state index contributed by atoms with van der Waals surface area (Å²) in [4.78, 5) is 11.5. The molecule has 1 amide bonds. The number of amides is 1. The second kappa shape index (κ2) is 5.14. The second-order valence-electron chi connectivity index (χ2n) is 3.10. The van der Waals surface area contributed by atoms with Crippen molar-refractivity contribution >= 4 is 33.2 Å². The maximum atomic E-state index is 11.5. The minimum Gasteiger partial charge on any atom is -0.398 e. The number of nitrogens with one attached hydrogen (secondary N) is 1. The standard InChI is InChI=1S/C10H13BrN2O2/c1-6(15-2)10(14)13-7-3-4-8(11)9(12)5-7/h3-6H,12H2,1-2H3,(H,13,14). The first-order valence-electron chi connectivity index (χ1n) is 4.43. The van der Waals surface area contributed by atoms with Crippen molar-refractivity contribution in [3.63, 3.8) is 0 Å². The predicted molar refractivity (Wildman–Crippen MR) is 63.7 cm³/mol. The van der Waals surface area contributed by atoms with E-state index in [9.17, 15) is 4.79 Å². The molecule has 3 N–H and O–H groups in total. The van der Waals surface area contributed by atoms with Gasteiger partial charge in [-0.25, -0.2) is 0 Å². The Morgan fingerprint density at radius 2 is 2.27 bits per heavy atom. The van der Waals surface area contributed by atoms with Crippen LogP contribution in [0.15, 0.2) is 22.7 Å². The highest BCUT2D eigenvalue weighted by molar-refractivity contribution is 9.10. The van der Waals surface area contributed by atoms with Crippen molar-refractivity contribution in [3.8, 4) is 0 Å². The van der Waals surface area contributed by atoms with Gasteiger partial charge in [-0.15, -0.1) is 0 Å². The van der Waals surface area contributed by atoms with Crippen LogP contribution in [0.4, 0.5) is 11.4 Å². The molecule has 1 aromatic carbocycles. The number of anilines is 2. The zero-order valence-electron chi connectivity index (χ0n) is 8.58. The minimum absolute atomic E-state index is 0.195. The molecule has 0 aliphatic heterocycles. The van der Waals surface area contributed by atoms with Crippen molar-refractivity contribution in [1.82, 2.24) is 0 Å². The minimum atomic E-state index is -0.477. The second-order valence-corrected chi connectivity index (χ2v) is 3.96. The van der Waals surface area contributed by atoms with Crippen molar-refractivity contribution in [2.75, 3.05) is 18.2 Å². The fraction of sp³-hybridized carbons (Fsp3) is 0.300. The first kappa shape index (κ1) is 12.0. The van der Waals surface area contributed by atoms with Gasteiger partial charge in [-0.05, 0) is 41.1 Å². The molecule has 0 fully saturated rings. The Labute approximate surface area is 96.9 Å². The number of hydrogen-bond acceptors (Lipinski definition) is 3. The van der Waals surface area contributed by atoms with Crippen LogP contribution in [0.1, 0.15) is 6.92 Å². The quantitative estimate of drug-likeness (QED) is 0.828. The summed E-state index contributed by atoms with van der Waals surface area (Å²) in [6.07, 6.45) is -0.477. The topological polar surface area (TPSA) is 64.3 Å². The van der Waals surface area contributed by atoms with Crippen molar-refractivity contribution in [1.29, 1.82) is 0 Å². The summed E-state index contributed by atoms with van der Waals surface area (Å²) < 4.78 is 5.69. The summed E-state index contributed by atoms with van der Waals surface area (Å²) in [7, 11) is 1.49. The zero-order chi connectivity index (χ0) is 11.4. The fourth-order valence-electron chi connectivity index (χ4n) is 0.972. The van der Waals surface area contributed by atoms with Crippen molar-refractivity contribution in [3.05, 3.63) is 22.7 Å². The molecule has 0 aliphatic rings. The van der Waals surface area contributed by atoms with Crippen LogP contribution in [0, 0.1) is 0 Å². The Hall–Kier alpha value is -1.07. The van der Waals surface area contributed by atoms with Gasteiger partial charge in [-0.3, -0.25) is 4.79 Å². The van der Waals surface area contributed by atoms with Crippen LogP contribution in [0.2, 0.25) is 0 Å². The average Bonchev–Trinajstić information content (AvgIpc) is 2.22. The van der Waals surface area contributed by atoms with E-state index < -0.39 is 6.10 Å². The molecule has 1 aromatic rings. The Kier molecular flexibility index (Phi) is 4.11. The lowest BCUT2D eigenvalue weighted by atomic mass is 10.2. The number of hydrogen-bond donors (Lipinski definition) is 2. The highest BCUT2D eigenvalue weighted by atomic mass is 79.9. The molecule has 0 spiro atoms. The fourth-order valence-corrected chi connectivity index (χ4v) is 1.22. The number of nitrogen functional groups attached to an aromatic ring is 1. The van der Waals surface area contributed by atoms with Crippen molar-refractivity contribution < 1.29 is 9.53 Å². The lowest BCUT2D eigenvalue weighted by Crippen LogP contribution is -2.26. The van der Waals surface area contributed by atoms with Crippen LogP contribution in [0.5, 0.6) is 0 Å². The van der Waals surface area contributed by atoms with E-state index in [2.05, 4.69) is 21.2 Å². The van der Waals surface area contributed by atoms with Gasteiger partial charge in [-0.2, -0.15) is 0 Å². The third-order valence-electron chi connectivity index (χ3n) is 1.99. The number of methoxy groups -OCH3 is 1. The summed E-state index contributed by atoms with van der Waals surface area (Å²) in [5, 5.41) is 2.70. The van der Waals surface area contributed by atoms with Gasteiger partial charge in [0, 0.05) is 23.0 Å². The molecule has 0 saturated carbocycles. The number of ether oxygens (including phenoxy) is 1. The van der Waals surface area contributed by atoms with Crippen LogP contribution in [-0.2, 0) is 9.53 Å². The molecule has 1 atom stereocenters. The monoisotopic (exact) mass is 272 g/mol. The van der Waals surface area contributed by atoms with Gasteiger partial charge in [0.2, 0.25) is 0 Å². The van der Waals surface area contributed by atoms with E-state index in [1.807, 2.05) is 0 Å². The SMILES string of the molecule is COC(C)C(=O)Nc1ccc(Br)c(N)c1. The predicted octanol–water partition coefficient (Wildman–Crippen LogP) is 2.00. The molecule has 15 heavy (non-hydrogen) atoms. The summed E-state index contributed by atoms with van der Waals surface area (Å²) in [5.74, 6) is -0.195. The Balaban J connectivity index is 2.73. The van der Waals surface area contributed by atoms with Gasteiger partial charge >= 0.3 is 0 Å². The molecule has 0 radical (unpaired) electrons. The van der Waals surface area contributed by atoms with Crippen molar-refractivity contribution in [2.24, 2.45) is 0 Å². The summed E-state index contributed by atoms with van der Waals surface area (Å²) >= 11 is 3.28. The van der Waals surface area contributed by atoms with E-state index in [0.717, 1.165) is 4.47 Å². The van der Waals surface area contributed by atoms with Gasteiger partial charge in [0.25, 0.3) is 5.91 Å². The first-order valence-corrected chi connectivity index (χ1v) is 5.22. The van der Waals surface area contributed by atoms with Crippen molar-refractivity contribution in [2.45, 2.75) is 13.0 Å². The van der Waals surface area contributed by atoms with Gasteiger partial charge < -0.3 is 15.8 Å². The number of nitrogens with two attached hydrogens (primary N) is 1. The molecule has 0 heterocycles.